The van der Waals surface area contributed by atoms with E-state index in [9.17, 15) is 22.4 Å². The molecule has 0 radical (unpaired) electrons. The summed E-state index contributed by atoms with van der Waals surface area (Å²) in [5, 5.41) is 9.26. The average Bonchev–Trinajstić information content (AvgIpc) is 2.76. The quantitative estimate of drug-likeness (QED) is 0.862. The molecule has 0 fully saturated rings. The Hall–Kier alpha value is -1.90. The fraction of sp³-hybridized carbons (Fsp3) is 0.333. The van der Waals surface area contributed by atoms with Crippen LogP contribution in [-0.4, -0.2) is 22.4 Å². The molecule has 0 aliphatic heterocycles. The van der Waals surface area contributed by atoms with Crippen molar-refractivity contribution in [2.75, 3.05) is 0 Å². The van der Waals surface area contributed by atoms with E-state index in [0.29, 0.717) is 11.1 Å². The zero-order valence-electron chi connectivity index (χ0n) is 10.8. The Bertz CT molecular complexity index is 709. The van der Waals surface area contributed by atoms with Crippen LogP contribution in [0.2, 0.25) is 0 Å². The number of aromatic carboxylic acids is 1. The third-order valence-corrected chi connectivity index (χ3v) is 3.89. The monoisotopic (exact) mass is 323 g/mol. The number of carboxylic acid groups (broad SMARTS) is 1. The lowest BCUT2D eigenvalue weighted by atomic mass is 10.2. The normalized spacial score (nSPS) is 12.1. The summed E-state index contributed by atoms with van der Waals surface area (Å²) < 4.78 is 54.7. The van der Waals surface area contributed by atoms with Crippen molar-refractivity contribution in [2.45, 2.75) is 26.1 Å². The average molecular weight is 323 g/mol. The van der Waals surface area contributed by atoms with Gasteiger partial charge in [0.05, 0.1) is 9.71 Å². The molecule has 0 atom stereocenters. The Morgan fingerprint density at radius 2 is 2.05 bits per heavy atom. The molecule has 114 valence electrons. The van der Waals surface area contributed by atoms with Gasteiger partial charge < -0.3 is 9.84 Å². The highest BCUT2D eigenvalue weighted by Gasteiger charge is 2.34. The molecule has 2 aromatic rings. The number of hydrogen-bond acceptors (Lipinski definition) is 4. The summed E-state index contributed by atoms with van der Waals surface area (Å²) in [6.07, 6.45) is -5.03. The highest BCUT2D eigenvalue weighted by Crippen LogP contribution is 2.38. The van der Waals surface area contributed by atoms with Crippen LogP contribution in [0.5, 0.6) is 5.75 Å². The summed E-state index contributed by atoms with van der Waals surface area (Å²) in [6, 6.07) is 0.497. The van der Waals surface area contributed by atoms with Gasteiger partial charge in [0.1, 0.15) is 11.1 Å². The van der Waals surface area contributed by atoms with Crippen LogP contribution in [0.25, 0.3) is 10.2 Å². The lowest BCUT2D eigenvalue weighted by Gasteiger charge is -2.10. The number of halogens is 4. The van der Waals surface area contributed by atoms with E-state index in [0.717, 1.165) is 11.3 Å². The van der Waals surface area contributed by atoms with E-state index in [1.807, 2.05) is 0 Å². The van der Waals surface area contributed by atoms with Crippen LogP contribution in [0.4, 0.5) is 17.6 Å². The topological polar surface area (TPSA) is 59.4 Å². The van der Waals surface area contributed by atoms with Crippen LogP contribution in [-0.2, 0) is 0 Å². The van der Waals surface area contributed by atoms with Crippen LogP contribution in [0.3, 0.4) is 0 Å². The Balaban J connectivity index is 2.75. The number of fused-ring (bicyclic) bond motifs is 1. The van der Waals surface area contributed by atoms with E-state index >= 15 is 0 Å². The fourth-order valence-corrected chi connectivity index (χ4v) is 2.67. The van der Waals surface area contributed by atoms with Gasteiger partial charge in [-0.15, -0.1) is 24.5 Å². The number of carboxylic acids is 1. The van der Waals surface area contributed by atoms with Crippen molar-refractivity contribution < 1.29 is 32.2 Å². The van der Waals surface area contributed by atoms with Gasteiger partial charge >= 0.3 is 12.3 Å². The summed E-state index contributed by atoms with van der Waals surface area (Å²) >= 11 is 0.807. The van der Waals surface area contributed by atoms with Gasteiger partial charge in [-0.2, -0.15) is 0 Å². The second-order valence-electron chi connectivity index (χ2n) is 4.47. The molecule has 21 heavy (non-hydrogen) atoms. The first-order valence-electron chi connectivity index (χ1n) is 5.72. The molecule has 0 spiro atoms. The number of rotatable bonds is 3. The molecule has 1 N–H and O–H groups in total. The van der Waals surface area contributed by atoms with E-state index in [2.05, 4.69) is 9.72 Å². The van der Waals surface area contributed by atoms with Crippen LogP contribution < -0.4 is 4.74 Å². The minimum atomic E-state index is -5.03. The number of aromatic nitrogens is 1. The summed E-state index contributed by atoms with van der Waals surface area (Å²) in [4.78, 5) is 14.8. The molecule has 0 bridgehead atoms. The van der Waals surface area contributed by atoms with Gasteiger partial charge in [-0.05, 0) is 0 Å². The molecule has 0 aliphatic rings. The maximum Gasteiger partial charge on any atom is 0.573 e. The van der Waals surface area contributed by atoms with E-state index < -0.39 is 29.5 Å². The summed E-state index contributed by atoms with van der Waals surface area (Å²) in [6.45, 7) is 3.47. The van der Waals surface area contributed by atoms with Gasteiger partial charge in [-0.3, -0.25) is 0 Å². The van der Waals surface area contributed by atoms with Crippen molar-refractivity contribution >= 4 is 27.5 Å². The number of hydrogen-bond donors (Lipinski definition) is 1. The van der Waals surface area contributed by atoms with Crippen molar-refractivity contribution in [1.29, 1.82) is 0 Å². The largest absolute Gasteiger partial charge is 0.573 e. The van der Waals surface area contributed by atoms with E-state index in [4.69, 9.17) is 5.11 Å². The van der Waals surface area contributed by atoms with Gasteiger partial charge in [0.25, 0.3) is 0 Å². The Labute approximate surface area is 120 Å². The summed E-state index contributed by atoms with van der Waals surface area (Å²) in [5.74, 6) is -3.76. The molecule has 1 heterocycles. The van der Waals surface area contributed by atoms with Gasteiger partial charge in [-0.1, -0.05) is 13.8 Å². The molecule has 2 rings (SSSR count). The highest BCUT2D eigenvalue weighted by molar-refractivity contribution is 7.18. The standard InChI is InChI=1S/C12H9F4NO3S/c1-4(2)10-17-8-6(20-12(14,15)16)3-5(11(18)19)7(13)9(8)21-10/h3-4H,1-2H3,(H,18,19). The van der Waals surface area contributed by atoms with Crippen LogP contribution >= 0.6 is 11.3 Å². The molecule has 1 aromatic heterocycles. The number of carbonyl (C=O) groups is 1. The van der Waals surface area contributed by atoms with Crippen molar-refractivity contribution in [3.05, 3.63) is 22.5 Å². The second kappa shape index (κ2) is 5.14. The molecule has 1 aromatic carbocycles. The van der Waals surface area contributed by atoms with Crippen molar-refractivity contribution in [3.63, 3.8) is 0 Å². The summed E-state index contributed by atoms with van der Waals surface area (Å²) in [5.41, 5.74) is -1.22. The lowest BCUT2D eigenvalue weighted by molar-refractivity contribution is -0.274. The van der Waals surface area contributed by atoms with Crippen molar-refractivity contribution in [1.82, 2.24) is 4.98 Å². The van der Waals surface area contributed by atoms with E-state index in [-0.39, 0.29) is 16.1 Å². The highest BCUT2D eigenvalue weighted by atomic mass is 32.1. The second-order valence-corrected chi connectivity index (χ2v) is 5.50. The number of ether oxygens (including phenoxy) is 1. The maximum absolute atomic E-state index is 14.1. The molecule has 0 saturated heterocycles. The molecular formula is C12H9F4NO3S. The number of alkyl halides is 3. The van der Waals surface area contributed by atoms with Gasteiger partial charge in [0, 0.05) is 12.0 Å². The Kier molecular flexibility index (Phi) is 3.79. The fourth-order valence-electron chi connectivity index (χ4n) is 1.64. The zero-order valence-corrected chi connectivity index (χ0v) is 11.6. The molecular weight excluding hydrogens is 314 g/mol. The molecule has 0 amide bonds. The number of thiazole rings is 1. The van der Waals surface area contributed by atoms with Crippen LogP contribution in [0.15, 0.2) is 6.07 Å². The van der Waals surface area contributed by atoms with Crippen molar-refractivity contribution in [2.24, 2.45) is 0 Å². The van der Waals surface area contributed by atoms with Gasteiger partial charge in [0.2, 0.25) is 0 Å². The summed E-state index contributed by atoms with van der Waals surface area (Å²) in [7, 11) is 0. The third-order valence-electron chi connectivity index (χ3n) is 2.54. The number of nitrogens with zero attached hydrogens (tertiary/aromatic N) is 1. The minimum Gasteiger partial charge on any atom is -0.478 e. The predicted molar refractivity (Wildman–Crippen MR) is 67.3 cm³/mol. The SMILES string of the molecule is CC(C)c1nc2c(OC(F)(F)F)cc(C(=O)O)c(F)c2s1. The third kappa shape index (κ3) is 3.07. The Morgan fingerprint density at radius 3 is 2.52 bits per heavy atom. The molecule has 4 nitrogen and oxygen atoms in total. The first-order chi connectivity index (χ1) is 9.60. The first kappa shape index (κ1) is 15.5. The first-order valence-corrected chi connectivity index (χ1v) is 6.53. The number of benzene rings is 1. The van der Waals surface area contributed by atoms with Gasteiger partial charge in [0.15, 0.2) is 11.6 Å². The van der Waals surface area contributed by atoms with Crippen molar-refractivity contribution in [3.8, 4) is 5.75 Å². The maximum atomic E-state index is 14.1. The van der Waals surface area contributed by atoms with Gasteiger partial charge in [-0.25, -0.2) is 14.2 Å². The zero-order chi connectivity index (χ0) is 15.9. The predicted octanol–water partition coefficient (Wildman–Crippen LogP) is 4.16. The van der Waals surface area contributed by atoms with E-state index in [1.165, 1.54) is 0 Å². The smallest absolute Gasteiger partial charge is 0.478 e. The lowest BCUT2D eigenvalue weighted by Crippen LogP contribution is -2.18. The Morgan fingerprint density at radius 1 is 1.43 bits per heavy atom. The van der Waals surface area contributed by atoms with Crippen LogP contribution in [0, 0.1) is 5.82 Å². The molecule has 0 aliphatic carbocycles. The molecule has 9 heteroatoms. The minimum absolute atomic E-state index is 0.145. The van der Waals surface area contributed by atoms with Crippen LogP contribution in [0.1, 0.15) is 35.1 Å². The molecule has 0 unspecified atom stereocenters. The van der Waals surface area contributed by atoms with E-state index in [1.54, 1.807) is 13.8 Å². The molecule has 0 saturated carbocycles.